The van der Waals surface area contributed by atoms with E-state index in [0.717, 1.165) is 24.3 Å². The first kappa shape index (κ1) is 15.1. The van der Waals surface area contributed by atoms with Crippen molar-refractivity contribution in [3.05, 3.63) is 35.4 Å². The summed E-state index contributed by atoms with van der Waals surface area (Å²) in [6.07, 6.45) is -4.74. The minimum atomic E-state index is -4.46. The smallest absolute Gasteiger partial charge is 0.271 e. The second-order valence-corrected chi connectivity index (χ2v) is 4.16. The Morgan fingerprint density at radius 3 is 1.94 bits per heavy atom. The Morgan fingerprint density at radius 2 is 1.61 bits per heavy atom. The molecule has 1 unspecified atom stereocenters. The zero-order chi connectivity index (χ0) is 14.0. The molecule has 0 spiro atoms. The average Bonchev–Trinajstić information content (AvgIpc) is 2.23. The topological polar surface area (TPSA) is 38.0 Å². The number of halogens is 6. The third-order valence-electron chi connectivity index (χ3n) is 2.32. The van der Waals surface area contributed by atoms with Crippen molar-refractivity contribution in [1.82, 2.24) is 5.43 Å². The zero-order valence-corrected chi connectivity index (χ0v) is 9.69. The van der Waals surface area contributed by atoms with E-state index in [4.69, 9.17) is 17.4 Å². The van der Waals surface area contributed by atoms with Gasteiger partial charge in [0, 0.05) is 0 Å². The van der Waals surface area contributed by atoms with Gasteiger partial charge >= 0.3 is 11.6 Å². The molecule has 0 fully saturated rings. The van der Waals surface area contributed by atoms with Crippen molar-refractivity contribution < 1.29 is 22.0 Å². The van der Waals surface area contributed by atoms with Gasteiger partial charge in [0.2, 0.25) is 0 Å². The lowest BCUT2D eigenvalue weighted by Gasteiger charge is -2.20. The Balaban J connectivity index is 2.81. The average molecular weight is 289 g/mol. The summed E-state index contributed by atoms with van der Waals surface area (Å²) in [5, 5.41) is -3.59. The normalized spacial score (nSPS) is 14.6. The number of hydrogen-bond acceptors (Lipinski definition) is 2. The summed E-state index contributed by atoms with van der Waals surface area (Å²) >= 11 is 4.80. The molecule has 0 saturated heterocycles. The molecule has 0 radical (unpaired) electrons. The third kappa shape index (κ3) is 4.08. The number of benzene rings is 1. The molecule has 0 saturated carbocycles. The molecule has 0 aliphatic rings. The number of hydrazine groups is 1. The molecule has 0 aromatic heterocycles. The Morgan fingerprint density at radius 1 is 1.11 bits per heavy atom. The van der Waals surface area contributed by atoms with Crippen LogP contribution >= 0.6 is 11.6 Å². The predicted molar refractivity (Wildman–Crippen MR) is 57.1 cm³/mol. The highest BCUT2D eigenvalue weighted by Crippen LogP contribution is 2.30. The van der Waals surface area contributed by atoms with Crippen molar-refractivity contribution in [3.63, 3.8) is 0 Å². The molecule has 1 rings (SSSR count). The number of alkyl halides is 6. The summed E-state index contributed by atoms with van der Waals surface area (Å²) in [4.78, 5) is 0. The second kappa shape index (κ2) is 5.38. The van der Waals surface area contributed by atoms with E-state index >= 15 is 0 Å². The van der Waals surface area contributed by atoms with Crippen LogP contribution in [0, 0.1) is 0 Å². The highest BCUT2D eigenvalue weighted by molar-refractivity contribution is 6.22. The summed E-state index contributed by atoms with van der Waals surface area (Å²) in [5.74, 6) is 4.91. The molecule has 1 atom stereocenters. The van der Waals surface area contributed by atoms with Crippen molar-refractivity contribution in [3.8, 4) is 0 Å². The van der Waals surface area contributed by atoms with Crippen LogP contribution in [0.1, 0.15) is 11.1 Å². The zero-order valence-electron chi connectivity index (χ0n) is 8.94. The molecule has 2 nitrogen and oxygen atoms in total. The van der Waals surface area contributed by atoms with Gasteiger partial charge in [0.15, 0.2) is 0 Å². The fourth-order valence-corrected chi connectivity index (χ4v) is 1.47. The van der Waals surface area contributed by atoms with Crippen molar-refractivity contribution >= 4 is 11.6 Å². The molecule has 0 heterocycles. The van der Waals surface area contributed by atoms with Crippen LogP contribution in [-0.2, 0) is 12.6 Å². The van der Waals surface area contributed by atoms with Crippen molar-refractivity contribution in [2.75, 3.05) is 0 Å². The monoisotopic (exact) mass is 288 g/mol. The predicted octanol–water partition coefficient (Wildman–Crippen LogP) is 2.91. The Hall–Kier alpha value is -0.920. The van der Waals surface area contributed by atoms with E-state index in [9.17, 15) is 22.0 Å². The Labute approximate surface area is 105 Å². The van der Waals surface area contributed by atoms with Crippen LogP contribution in [0.2, 0.25) is 0 Å². The third-order valence-corrected chi connectivity index (χ3v) is 2.58. The quantitative estimate of drug-likeness (QED) is 0.387. The fraction of sp³-hybridized carbons (Fsp3) is 0.400. The number of rotatable bonds is 4. The molecule has 102 valence electrons. The highest BCUT2D eigenvalue weighted by atomic mass is 35.5. The Kier molecular flexibility index (Phi) is 4.52. The van der Waals surface area contributed by atoms with Crippen LogP contribution < -0.4 is 11.3 Å². The summed E-state index contributed by atoms with van der Waals surface area (Å²) < 4.78 is 62.4. The van der Waals surface area contributed by atoms with Crippen LogP contribution in [0.25, 0.3) is 0 Å². The molecular formula is C10H10ClF5N2. The van der Waals surface area contributed by atoms with Crippen molar-refractivity contribution in [2.45, 2.75) is 24.0 Å². The first-order valence-corrected chi connectivity index (χ1v) is 5.21. The summed E-state index contributed by atoms with van der Waals surface area (Å²) in [6.45, 7) is 0. The van der Waals surface area contributed by atoms with Gasteiger partial charge in [-0.25, -0.2) is 5.43 Å². The first-order chi connectivity index (χ1) is 8.14. The van der Waals surface area contributed by atoms with Gasteiger partial charge in [-0.2, -0.15) is 22.0 Å². The van der Waals surface area contributed by atoms with E-state index in [2.05, 4.69) is 0 Å². The molecular weight excluding hydrogens is 279 g/mol. The van der Waals surface area contributed by atoms with Gasteiger partial charge in [-0.05, 0) is 35.7 Å². The molecule has 3 N–H and O–H groups in total. The molecule has 1 aromatic carbocycles. The maximum Gasteiger partial charge on any atom is 0.416 e. The maximum atomic E-state index is 12.8. The van der Waals surface area contributed by atoms with Crippen LogP contribution in [0.5, 0.6) is 0 Å². The lowest BCUT2D eigenvalue weighted by Crippen LogP contribution is -2.46. The molecule has 1 aromatic rings. The fourth-order valence-electron chi connectivity index (χ4n) is 1.33. The van der Waals surface area contributed by atoms with Gasteiger partial charge in [0.05, 0.1) is 5.56 Å². The van der Waals surface area contributed by atoms with E-state index < -0.39 is 23.2 Å². The van der Waals surface area contributed by atoms with Crippen LogP contribution in [0.15, 0.2) is 24.3 Å². The molecule has 0 aliphatic heterocycles. The Bertz CT molecular complexity index is 385. The molecule has 0 amide bonds. The lowest BCUT2D eigenvalue weighted by atomic mass is 10.0. The van der Waals surface area contributed by atoms with E-state index in [0.29, 0.717) is 0 Å². The van der Waals surface area contributed by atoms with Crippen LogP contribution in [-0.4, -0.2) is 11.4 Å². The highest BCUT2D eigenvalue weighted by Gasteiger charge is 2.36. The molecule has 0 bridgehead atoms. The molecule has 0 aliphatic carbocycles. The maximum absolute atomic E-state index is 12.8. The van der Waals surface area contributed by atoms with E-state index in [1.807, 2.05) is 5.43 Å². The van der Waals surface area contributed by atoms with Gasteiger partial charge < -0.3 is 0 Å². The van der Waals surface area contributed by atoms with Crippen molar-refractivity contribution in [1.29, 1.82) is 0 Å². The minimum absolute atomic E-state index is 0.270. The van der Waals surface area contributed by atoms with Crippen LogP contribution in [0.3, 0.4) is 0 Å². The minimum Gasteiger partial charge on any atom is -0.271 e. The van der Waals surface area contributed by atoms with Gasteiger partial charge in [-0.1, -0.05) is 12.1 Å². The molecule has 18 heavy (non-hydrogen) atoms. The number of hydrogen-bond donors (Lipinski definition) is 2. The van der Waals surface area contributed by atoms with Gasteiger partial charge in [0.25, 0.3) is 0 Å². The van der Waals surface area contributed by atoms with E-state index in [1.54, 1.807) is 0 Å². The molecule has 8 heteroatoms. The SMILES string of the molecule is NNC(Cc1ccc(C(F)(F)F)cc1)C(F)(F)Cl. The summed E-state index contributed by atoms with van der Waals surface area (Å²) in [6, 6.07) is 2.28. The van der Waals surface area contributed by atoms with E-state index in [-0.39, 0.29) is 12.0 Å². The number of nitrogens with one attached hydrogen (secondary N) is 1. The standard InChI is InChI=1S/C10H10ClF5N2/c11-9(12,13)8(18-17)5-6-1-3-7(4-2-6)10(14,15)16/h1-4,8,18H,5,17H2. The summed E-state index contributed by atoms with van der Waals surface area (Å²) in [5.41, 5.74) is 1.25. The second-order valence-electron chi connectivity index (χ2n) is 3.66. The first-order valence-electron chi connectivity index (χ1n) is 4.83. The van der Waals surface area contributed by atoms with Gasteiger partial charge in [-0.15, -0.1) is 0 Å². The summed E-state index contributed by atoms with van der Waals surface area (Å²) in [7, 11) is 0. The largest absolute Gasteiger partial charge is 0.416 e. The van der Waals surface area contributed by atoms with E-state index in [1.165, 1.54) is 0 Å². The lowest BCUT2D eigenvalue weighted by molar-refractivity contribution is -0.137. The van der Waals surface area contributed by atoms with Gasteiger partial charge in [0.1, 0.15) is 6.04 Å². The van der Waals surface area contributed by atoms with Crippen LogP contribution in [0.4, 0.5) is 22.0 Å². The van der Waals surface area contributed by atoms with Gasteiger partial charge in [-0.3, -0.25) is 5.84 Å². The number of nitrogens with two attached hydrogens (primary N) is 1. The van der Waals surface area contributed by atoms with Crippen molar-refractivity contribution in [2.24, 2.45) is 5.84 Å².